The molecule has 7 atom stereocenters. The minimum Gasteiger partial charge on any atom is -0.392 e. The molecule has 2 rings (SSSR count). The van der Waals surface area contributed by atoms with Gasteiger partial charge in [-0.1, -0.05) is 53.4 Å². The van der Waals surface area contributed by atoms with Crippen molar-refractivity contribution in [3.63, 3.8) is 0 Å². The molecule has 0 spiro atoms. The molecule has 1 aliphatic carbocycles. The summed E-state index contributed by atoms with van der Waals surface area (Å²) in [5, 5.41) is 25.0. The Balaban J connectivity index is 2.24. The Hall–Kier alpha value is -0.460. The quantitative estimate of drug-likeness (QED) is 0.201. The summed E-state index contributed by atoms with van der Waals surface area (Å²) in [5.74, 6) is -1.42. The van der Waals surface area contributed by atoms with Gasteiger partial charge in [0, 0.05) is 82.8 Å². The maximum Gasteiger partial charge on any atom is 0.248 e. The van der Waals surface area contributed by atoms with Gasteiger partial charge in [0.05, 0.1) is 18.8 Å². The topological polar surface area (TPSA) is 107 Å². The molecule has 10 heteroatoms. The summed E-state index contributed by atoms with van der Waals surface area (Å²) < 4.78 is 34.8. The number of alkyl halides is 2. The van der Waals surface area contributed by atoms with Crippen LogP contribution in [0.3, 0.4) is 0 Å². The third kappa shape index (κ3) is 15.4. The van der Waals surface area contributed by atoms with Crippen LogP contribution in [0.5, 0.6) is 0 Å². The number of likely N-dealkylation sites (N-methyl/N-ethyl adjacent to an activating group) is 1. The molecule has 2 fully saturated rings. The van der Waals surface area contributed by atoms with E-state index in [1.807, 2.05) is 6.92 Å². The molecule has 8 nitrogen and oxygen atoms in total. The lowest BCUT2D eigenvalue weighted by Gasteiger charge is -2.38. The molecule has 0 aromatic rings. The summed E-state index contributed by atoms with van der Waals surface area (Å²) in [6.45, 7) is 16.5. The highest BCUT2D eigenvalue weighted by Gasteiger charge is 2.38. The van der Waals surface area contributed by atoms with E-state index in [1.54, 1.807) is 0 Å². The SMILES string of the molecule is CCCCCC[C@H]1OCCNC[C@@H]([C@H](C)O)NC[C@H](CN)NC[C@H](C2CCC(F)(F)CC2)NC[C@H](CC(C)C)N(C)C[C@H]1C. The van der Waals surface area contributed by atoms with Gasteiger partial charge < -0.3 is 41.7 Å². The molecule has 1 aliphatic heterocycles. The third-order valence-electron chi connectivity index (χ3n) is 9.96. The van der Waals surface area contributed by atoms with Crippen molar-refractivity contribution in [2.24, 2.45) is 23.5 Å². The molecule has 0 bridgehead atoms. The number of rotatable bonds is 10. The maximum atomic E-state index is 14.1. The van der Waals surface area contributed by atoms with Gasteiger partial charge in [-0.15, -0.1) is 0 Å². The standard InChI is InChI=1S/C34H70F2N6O2/c1-7-8-9-10-11-33-26(4)24-42(6)30(18-25(2)3)21-41-32(28-12-14-34(35,36)15-13-28)23-39-29(19-37)20-40-31(27(5)43)22-38-16-17-44-33/h25-33,38-41,43H,7-24,37H2,1-6H3/t26-,27+,29+,30+,31+,32-,33-/m1/s1. The van der Waals surface area contributed by atoms with Gasteiger partial charge in [0.25, 0.3) is 0 Å². The molecule has 0 amide bonds. The van der Waals surface area contributed by atoms with Crippen molar-refractivity contribution in [3.05, 3.63) is 0 Å². The van der Waals surface area contributed by atoms with E-state index in [0.29, 0.717) is 63.5 Å². The summed E-state index contributed by atoms with van der Waals surface area (Å²) >= 11 is 0. The van der Waals surface area contributed by atoms with Crippen LogP contribution in [0.2, 0.25) is 0 Å². The van der Waals surface area contributed by atoms with E-state index in [9.17, 15) is 13.9 Å². The molecular formula is C34H70F2N6O2. The molecule has 1 saturated carbocycles. The summed E-state index contributed by atoms with van der Waals surface area (Å²) in [6, 6.07) is 0.330. The first-order valence-electron chi connectivity index (χ1n) is 17.9. The Kier molecular flexibility index (Phi) is 19.3. The number of aliphatic hydroxyl groups excluding tert-OH is 1. The average Bonchev–Trinajstić information content (AvgIpc) is 2.96. The molecular weight excluding hydrogens is 562 g/mol. The molecule has 1 saturated heterocycles. The van der Waals surface area contributed by atoms with E-state index in [4.69, 9.17) is 10.5 Å². The average molecular weight is 633 g/mol. The second-order valence-electron chi connectivity index (χ2n) is 14.5. The Morgan fingerprint density at radius 1 is 1.00 bits per heavy atom. The van der Waals surface area contributed by atoms with Gasteiger partial charge in [-0.2, -0.15) is 0 Å². The second-order valence-corrected chi connectivity index (χ2v) is 14.5. The summed E-state index contributed by atoms with van der Waals surface area (Å²) in [5.41, 5.74) is 6.17. The van der Waals surface area contributed by atoms with Crippen molar-refractivity contribution in [2.75, 3.05) is 59.5 Å². The predicted molar refractivity (Wildman–Crippen MR) is 179 cm³/mol. The van der Waals surface area contributed by atoms with Crippen molar-refractivity contribution in [3.8, 4) is 0 Å². The first-order chi connectivity index (χ1) is 21.0. The van der Waals surface area contributed by atoms with Crippen LogP contribution >= 0.6 is 0 Å². The first-order valence-corrected chi connectivity index (χ1v) is 17.9. The van der Waals surface area contributed by atoms with Gasteiger partial charge in [-0.3, -0.25) is 0 Å². The van der Waals surface area contributed by atoms with E-state index >= 15 is 0 Å². The number of hydrogen-bond acceptors (Lipinski definition) is 8. The number of unbranched alkanes of at least 4 members (excludes halogenated alkanes) is 3. The monoisotopic (exact) mass is 633 g/mol. The van der Waals surface area contributed by atoms with Gasteiger partial charge in [0.15, 0.2) is 0 Å². The fraction of sp³-hybridized carbons (Fsp3) is 1.00. The molecule has 0 aromatic carbocycles. The highest BCUT2D eigenvalue weighted by atomic mass is 19.3. The first kappa shape index (κ1) is 39.7. The zero-order valence-corrected chi connectivity index (χ0v) is 29.1. The third-order valence-corrected chi connectivity index (χ3v) is 9.96. The summed E-state index contributed by atoms with van der Waals surface area (Å²) in [4.78, 5) is 2.51. The minimum absolute atomic E-state index is 0.0134. The summed E-state index contributed by atoms with van der Waals surface area (Å²) in [6.07, 6.45) is 7.73. The van der Waals surface area contributed by atoms with Crippen molar-refractivity contribution < 1.29 is 18.6 Å². The van der Waals surface area contributed by atoms with Crippen molar-refractivity contribution in [2.45, 2.75) is 141 Å². The lowest BCUT2D eigenvalue weighted by molar-refractivity contribution is -0.0498. The predicted octanol–water partition coefficient (Wildman–Crippen LogP) is 3.97. The smallest absolute Gasteiger partial charge is 0.248 e. The largest absolute Gasteiger partial charge is 0.392 e. The van der Waals surface area contributed by atoms with Crippen molar-refractivity contribution in [1.29, 1.82) is 0 Å². The van der Waals surface area contributed by atoms with Crippen LogP contribution < -0.4 is 27.0 Å². The number of hydrogen-bond donors (Lipinski definition) is 6. The number of aliphatic hydroxyl groups is 1. The van der Waals surface area contributed by atoms with E-state index in [-0.39, 0.29) is 43.0 Å². The van der Waals surface area contributed by atoms with E-state index in [1.165, 1.54) is 25.7 Å². The molecule has 0 aromatic heterocycles. The number of halogens is 2. The van der Waals surface area contributed by atoms with E-state index < -0.39 is 12.0 Å². The Morgan fingerprint density at radius 2 is 1.73 bits per heavy atom. The van der Waals surface area contributed by atoms with Crippen LogP contribution in [-0.4, -0.2) is 112 Å². The number of nitrogens with two attached hydrogens (primary N) is 1. The second kappa shape index (κ2) is 21.4. The number of nitrogens with zero attached hydrogens (tertiary/aromatic N) is 1. The van der Waals surface area contributed by atoms with Crippen LogP contribution in [0.15, 0.2) is 0 Å². The highest BCUT2D eigenvalue weighted by Crippen LogP contribution is 2.37. The fourth-order valence-corrected chi connectivity index (χ4v) is 6.93. The number of ether oxygens (including phenoxy) is 1. The van der Waals surface area contributed by atoms with Crippen molar-refractivity contribution in [1.82, 2.24) is 26.2 Å². The van der Waals surface area contributed by atoms with Crippen LogP contribution in [0, 0.1) is 17.8 Å². The van der Waals surface area contributed by atoms with Crippen LogP contribution in [0.1, 0.15) is 98.8 Å². The normalized spacial score (nSPS) is 32.5. The zero-order valence-electron chi connectivity index (χ0n) is 29.1. The highest BCUT2D eigenvalue weighted by molar-refractivity contribution is 4.90. The van der Waals surface area contributed by atoms with Crippen molar-refractivity contribution >= 4 is 0 Å². The van der Waals surface area contributed by atoms with E-state index in [0.717, 1.165) is 32.5 Å². The lowest BCUT2D eigenvalue weighted by atomic mass is 9.81. The van der Waals surface area contributed by atoms with Gasteiger partial charge in [0.1, 0.15) is 0 Å². The molecule has 0 unspecified atom stereocenters. The fourth-order valence-electron chi connectivity index (χ4n) is 6.93. The van der Waals surface area contributed by atoms with E-state index in [2.05, 4.69) is 60.9 Å². The Labute approximate surface area is 268 Å². The van der Waals surface area contributed by atoms with Gasteiger partial charge >= 0.3 is 0 Å². The van der Waals surface area contributed by atoms with Gasteiger partial charge in [-0.25, -0.2) is 8.78 Å². The molecule has 0 radical (unpaired) electrons. The summed E-state index contributed by atoms with van der Waals surface area (Å²) in [7, 11) is 2.24. The van der Waals surface area contributed by atoms with Crippen LogP contribution in [-0.2, 0) is 4.74 Å². The number of nitrogens with one attached hydrogen (secondary N) is 4. The molecule has 262 valence electrons. The zero-order chi connectivity index (χ0) is 32.5. The molecule has 1 heterocycles. The molecule has 44 heavy (non-hydrogen) atoms. The Bertz CT molecular complexity index is 724. The lowest BCUT2D eigenvalue weighted by Crippen LogP contribution is -2.56. The molecule has 7 N–H and O–H groups in total. The maximum absolute atomic E-state index is 14.1. The van der Waals surface area contributed by atoms with Gasteiger partial charge in [0.2, 0.25) is 5.92 Å². The van der Waals surface area contributed by atoms with Crippen LogP contribution in [0.4, 0.5) is 8.78 Å². The Morgan fingerprint density at radius 3 is 2.36 bits per heavy atom. The minimum atomic E-state index is -2.54. The molecule has 2 aliphatic rings. The van der Waals surface area contributed by atoms with Crippen LogP contribution in [0.25, 0.3) is 0 Å². The van der Waals surface area contributed by atoms with Gasteiger partial charge in [-0.05, 0) is 57.4 Å².